The van der Waals surface area contributed by atoms with Crippen LogP contribution in [0.2, 0.25) is 0 Å². The third-order valence-corrected chi connectivity index (χ3v) is 4.63. The van der Waals surface area contributed by atoms with Crippen LogP contribution in [-0.4, -0.2) is 5.52 Å². The number of hydrogen-bond acceptors (Lipinski definition) is 1. The SMILES string of the molecule is Cc1ccc([P-]C(=O)c2c(C)cc(C)cc2C)c(C)c1.[Li+]. The Bertz CT molecular complexity index is 654. The van der Waals surface area contributed by atoms with E-state index in [9.17, 15) is 4.79 Å². The van der Waals surface area contributed by atoms with Gasteiger partial charge in [0.2, 0.25) is 0 Å². The first kappa shape index (κ1) is 18.2. The van der Waals surface area contributed by atoms with E-state index in [1.807, 2.05) is 13.8 Å². The van der Waals surface area contributed by atoms with Crippen LogP contribution in [0.3, 0.4) is 0 Å². The molecule has 0 aliphatic heterocycles. The van der Waals surface area contributed by atoms with Crippen LogP contribution in [0.5, 0.6) is 0 Å². The number of benzene rings is 2. The van der Waals surface area contributed by atoms with E-state index in [1.165, 1.54) is 16.7 Å². The van der Waals surface area contributed by atoms with E-state index < -0.39 is 0 Å². The molecule has 0 spiro atoms. The van der Waals surface area contributed by atoms with Gasteiger partial charge in [-0.25, -0.2) is 0 Å². The molecule has 0 aromatic heterocycles. The molecule has 0 radical (unpaired) electrons. The summed E-state index contributed by atoms with van der Waals surface area (Å²) in [4.78, 5) is 12.6. The Morgan fingerprint density at radius 2 is 1.33 bits per heavy atom. The Morgan fingerprint density at radius 1 is 0.810 bits per heavy atom. The van der Waals surface area contributed by atoms with E-state index in [0.29, 0.717) is 0 Å². The van der Waals surface area contributed by atoms with Gasteiger partial charge < -0.3 is 13.4 Å². The number of hydrogen-bond donors (Lipinski definition) is 0. The predicted octanol–water partition coefficient (Wildman–Crippen LogP) is 1.64. The first-order chi connectivity index (χ1) is 9.38. The maximum Gasteiger partial charge on any atom is 1.00 e. The largest absolute Gasteiger partial charge is 1.00 e. The summed E-state index contributed by atoms with van der Waals surface area (Å²) in [5.41, 5.74) is 6.83. The molecule has 0 saturated heterocycles. The van der Waals surface area contributed by atoms with Crippen LogP contribution < -0.4 is 24.2 Å². The summed E-state index contributed by atoms with van der Waals surface area (Å²) in [7, 11) is 0.764. The van der Waals surface area contributed by atoms with Gasteiger partial charge in [-0.15, -0.1) is 0 Å². The van der Waals surface area contributed by atoms with Gasteiger partial charge in [-0.2, -0.15) is 5.30 Å². The maximum atomic E-state index is 12.6. The van der Waals surface area contributed by atoms with Gasteiger partial charge in [-0.3, -0.25) is 0 Å². The molecule has 2 aromatic carbocycles. The van der Waals surface area contributed by atoms with E-state index in [0.717, 1.165) is 30.6 Å². The first-order valence-corrected chi connectivity index (χ1v) is 7.69. The summed E-state index contributed by atoms with van der Waals surface area (Å²) in [5.74, 6) is 0. The zero-order valence-corrected chi connectivity index (χ0v) is 14.6. The summed E-state index contributed by atoms with van der Waals surface area (Å²) in [6, 6.07) is 10.4. The standard InChI is InChI=1S/C18H20OP.Li/c1-11-6-7-16(13(3)8-11)20-18(19)17-14(4)9-12(2)10-15(17)5;/h6-10H,1-5H3;/q-1;+1. The van der Waals surface area contributed by atoms with E-state index in [-0.39, 0.29) is 24.4 Å². The molecule has 0 fully saturated rings. The molecule has 0 unspecified atom stereocenters. The molecule has 0 heterocycles. The molecule has 0 N–H and O–H groups in total. The van der Waals surface area contributed by atoms with Crippen molar-refractivity contribution in [1.82, 2.24) is 0 Å². The molecule has 3 heteroatoms. The summed E-state index contributed by atoms with van der Waals surface area (Å²) in [5, 5.41) is 1.10. The van der Waals surface area contributed by atoms with Crippen LogP contribution in [0.15, 0.2) is 30.3 Å². The molecule has 0 aliphatic carbocycles. The van der Waals surface area contributed by atoms with Gasteiger partial charge in [-0.05, 0) is 51.3 Å². The van der Waals surface area contributed by atoms with Gasteiger partial charge >= 0.3 is 18.9 Å². The minimum atomic E-state index is 0. The van der Waals surface area contributed by atoms with Gasteiger partial charge in [0.25, 0.3) is 0 Å². The van der Waals surface area contributed by atoms with Crippen molar-refractivity contribution in [3.63, 3.8) is 0 Å². The molecule has 21 heavy (non-hydrogen) atoms. The molecule has 2 rings (SSSR count). The van der Waals surface area contributed by atoms with E-state index in [1.54, 1.807) is 0 Å². The molecular weight excluding hydrogens is 270 g/mol. The van der Waals surface area contributed by atoms with E-state index in [2.05, 4.69) is 51.1 Å². The van der Waals surface area contributed by atoms with Crippen molar-refractivity contribution in [2.24, 2.45) is 0 Å². The zero-order chi connectivity index (χ0) is 14.9. The minimum Gasteiger partial charge on any atom is -0.426 e. The van der Waals surface area contributed by atoms with Crippen molar-refractivity contribution in [2.45, 2.75) is 34.6 Å². The summed E-state index contributed by atoms with van der Waals surface area (Å²) in [6.07, 6.45) is 0. The normalized spacial score (nSPS) is 10.7. The van der Waals surface area contributed by atoms with Gasteiger partial charge in [0.1, 0.15) is 0 Å². The summed E-state index contributed by atoms with van der Waals surface area (Å²) >= 11 is 0. The molecule has 0 amide bonds. The van der Waals surface area contributed by atoms with Crippen molar-refractivity contribution in [2.75, 3.05) is 0 Å². The van der Waals surface area contributed by atoms with Gasteiger partial charge in [-0.1, -0.05) is 47.0 Å². The molecule has 0 atom stereocenters. The van der Waals surface area contributed by atoms with E-state index >= 15 is 0 Å². The Hall–Kier alpha value is -0.863. The van der Waals surface area contributed by atoms with Gasteiger partial charge in [0, 0.05) is 5.52 Å². The van der Waals surface area contributed by atoms with Crippen LogP contribution in [0.25, 0.3) is 0 Å². The van der Waals surface area contributed by atoms with Gasteiger partial charge in [0.05, 0.1) is 0 Å². The van der Waals surface area contributed by atoms with Crippen molar-refractivity contribution in [1.29, 1.82) is 0 Å². The van der Waals surface area contributed by atoms with Crippen LogP contribution in [-0.2, 0) is 0 Å². The summed E-state index contributed by atoms with van der Waals surface area (Å²) < 4.78 is 0. The fourth-order valence-electron chi connectivity index (χ4n) is 2.61. The van der Waals surface area contributed by atoms with Crippen molar-refractivity contribution in [3.8, 4) is 0 Å². The van der Waals surface area contributed by atoms with Gasteiger partial charge in [0.15, 0.2) is 0 Å². The fraction of sp³-hybridized carbons (Fsp3) is 0.278. The molecule has 1 nitrogen and oxygen atoms in total. The quantitative estimate of drug-likeness (QED) is 0.620. The third kappa shape index (κ3) is 4.30. The predicted molar refractivity (Wildman–Crippen MR) is 87.5 cm³/mol. The van der Waals surface area contributed by atoms with Crippen LogP contribution in [0, 0.1) is 34.6 Å². The number of aryl methyl sites for hydroxylation is 5. The average molecular weight is 290 g/mol. The van der Waals surface area contributed by atoms with Crippen molar-refractivity contribution >= 4 is 19.4 Å². The summed E-state index contributed by atoms with van der Waals surface area (Å²) in [6.45, 7) is 10.2. The smallest absolute Gasteiger partial charge is 0.426 e. The third-order valence-electron chi connectivity index (χ3n) is 3.47. The Labute approximate surface area is 141 Å². The second kappa shape index (κ2) is 7.42. The maximum absolute atomic E-state index is 12.6. The second-order valence-corrected chi connectivity index (χ2v) is 6.59. The fourth-order valence-corrected chi connectivity index (χ4v) is 3.69. The Kier molecular flexibility index (Phi) is 6.42. The number of rotatable bonds is 3. The monoisotopic (exact) mass is 290 g/mol. The topological polar surface area (TPSA) is 17.1 Å². The molecule has 0 aliphatic rings. The molecule has 104 valence electrons. The Balaban J connectivity index is 0.00000220. The number of carbonyl (C=O) groups excluding carboxylic acids is 1. The van der Waals surface area contributed by atoms with Crippen LogP contribution in [0.4, 0.5) is 0 Å². The Morgan fingerprint density at radius 3 is 1.86 bits per heavy atom. The molecule has 0 bridgehead atoms. The average Bonchev–Trinajstić information content (AvgIpc) is 2.31. The van der Waals surface area contributed by atoms with Crippen molar-refractivity contribution in [3.05, 3.63) is 63.7 Å². The van der Waals surface area contributed by atoms with Crippen LogP contribution >= 0.6 is 8.58 Å². The van der Waals surface area contributed by atoms with E-state index in [4.69, 9.17) is 0 Å². The molecule has 0 saturated carbocycles. The molecule has 2 aromatic rings. The number of carbonyl (C=O) groups is 1. The molecular formula is C18H20LiOP. The zero-order valence-electron chi connectivity index (χ0n) is 13.7. The van der Waals surface area contributed by atoms with Crippen LogP contribution in [0.1, 0.15) is 38.2 Å². The van der Waals surface area contributed by atoms with Crippen molar-refractivity contribution < 1.29 is 23.7 Å². The first-order valence-electron chi connectivity index (χ1n) is 6.79. The second-order valence-electron chi connectivity index (χ2n) is 5.48. The minimum absolute atomic E-state index is 0.